The molecule has 9 nitrogen and oxygen atoms in total. The number of anilines is 1. The van der Waals surface area contributed by atoms with Gasteiger partial charge in [-0.15, -0.1) is 0 Å². The number of carbonyl (C=O) groups is 2. The predicted molar refractivity (Wildman–Crippen MR) is 168 cm³/mol. The second-order valence-electron chi connectivity index (χ2n) is 14.7. The molecule has 0 N–H and O–H groups in total. The first-order chi connectivity index (χ1) is 21.7. The first kappa shape index (κ1) is 30.4. The van der Waals surface area contributed by atoms with Crippen molar-refractivity contribution in [2.24, 2.45) is 28.6 Å². The fraction of sp³-hybridized carbons (Fsp3) is 0.657. The summed E-state index contributed by atoms with van der Waals surface area (Å²) in [6, 6.07) is 4.05. The third-order valence-corrected chi connectivity index (χ3v) is 11.7. The van der Waals surface area contributed by atoms with Crippen molar-refractivity contribution in [1.29, 1.82) is 0 Å². The smallest absolute Gasteiger partial charge is 0.306 e. The molecule has 242 valence electrons. The van der Waals surface area contributed by atoms with Crippen LogP contribution in [0.25, 0.3) is 0 Å². The number of likely N-dealkylation sites (tertiary alicyclic amines) is 1. The first-order valence-electron chi connectivity index (χ1n) is 16.9. The quantitative estimate of drug-likeness (QED) is 0.356. The average molecular weight is 620 g/mol. The third kappa shape index (κ3) is 5.68. The van der Waals surface area contributed by atoms with Gasteiger partial charge in [-0.2, -0.15) is 0 Å². The van der Waals surface area contributed by atoms with Gasteiger partial charge in [0.25, 0.3) is 5.91 Å². The van der Waals surface area contributed by atoms with E-state index in [-0.39, 0.29) is 34.3 Å². The van der Waals surface area contributed by atoms with E-state index < -0.39 is 5.82 Å². The molecule has 1 amide bonds. The van der Waals surface area contributed by atoms with Gasteiger partial charge in [0, 0.05) is 43.1 Å². The van der Waals surface area contributed by atoms with E-state index in [4.69, 9.17) is 9.47 Å². The molecule has 3 unspecified atom stereocenters. The van der Waals surface area contributed by atoms with E-state index in [0.29, 0.717) is 42.8 Å². The van der Waals surface area contributed by atoms with Crippen LogP contribution in [0.2, 0.25) is 0 Å². The van der Waals surface area contributed by atoms with Crippen molar-refractivity contribution in [2.75, 3.05) is 50.8 Å². The number of halogens is 1. The van der Waals surface area contributed by atoms with Crippen molar-refractivity contribution in [3.05, 3.63) is 42.1 Å². The van der Waals surface area contributed by atoms with Crippen molar-refractivity contribution in [3.63, 3.8) is 0 Å². The molecule has 3 aliphatic carbocycles. The fourth-order valence-corrected chi connectivity index (χ4v) is 9.24. The molecule has 2 spiro atoms. The Balaban J connectivity index is 0.965. The van der Waals surface area contributed by atoms with Crippen molar-refractivity contribution in [2.45, 2.75) is 71.8 Å². The zero-order valence-electron chi connectivity index (χ0n) is 26.8. The van der Waals surface area contributed by atoms with E-state index in [9.17, 15) is 14.0 Å². The molecule has 2 bridgehead atoms. The van der Waals surface area contributed by atoms with Gasteiger partial charge in [-0.1, -0.05) is 0 Å². The van der Waals surface area contributed by atoms with Crippen LogP contribution >= 0.6 is 0 Å². The lowest BCUT2D eigenvalue weighted by Gasteiger charge is -2.56. The number of ether oxygens (including phenoxy) is 2. The van der Waals surface area contributed by atoms with Gasteiger partial charge in [-0.25, -0.2) is 14.4 Å². The summed E-state index contributed by atoms with van der Waals surface area (Å²) in [6.07, 6.45) is 11.1. The molecule has 0 radical (unpaired) electrons. The van der Waals surface area contributed by atoms with E-state index in [0.717, 1.165) is 50.9 Å². The Kier molecular flexibility index (Phi) is 7.99. The third-order valence-electron chi connectivity index (χ3n) is 11.7. The Morgan fingerprint density at radius 3 is 2.67 bits per heavy atom. The van der Waals surface area contributed by atoms with Gasteiger partial charge < -0.3 is 24.2 Å². The van der Waals surface area contributed by atoms with Gasteiger partial charge in [0.15, 0.2) is 11.6 Å². The van der Waals surface area contributed by atoms with Gasteiger partial charge in [0.05, 0.1) is 24.8 Å². The number of cyclic esters (lactones) is 1. The molecule has 1 aromatic heterocycles. The van der Waals surface area contributed by atoms with Crippen LogP contribution in [0, 0.1) is 34.4 Å². The summed E-state index contributed by atoms with van der Waals surface area (Å²) in [7, 11) is 0. The summed E-state index contributed by atoms with van der Waals surface area (Å²) >= 11 is 0. The Morgan fingerprint density at radius 1 is 1.20 bits per heavy atom. The van der Waals surface area contributed by atoms with E-state index in [1.165, 1.54) is 56.8 Å². The Morgan fingerprint density at radius 2 is 2.00 bits per heavy atom. The molecule has 2 aromatic rings. The lowest BCUT2D eigenvalue weighted by atomic mass is 9.52. The van der Waals surface area contributed by atoms with E-state index in [1.807, 2.05) is 20.8 Å². The van der Waals surface area contributed by atoms with Gasteiger partial charge in [-0.3, -0.25) is 9.59 Å². The largest absolute Gasteiger partial charge is 0.465 e. The molecule has 3 saturated heterocycles. The molecule has 10 heteroatoms. The Labute approximate surface area is 265 Å². The second-order valence-corrected chi connectivity index (χ2v) is 14.7. The Bertz CT molecular complexity index is 1440. The van der Waals surface area contributed by atoms with Crippen LogP contribution in [-0.2, 0) is 9.53 Å². The van der Waals surface area contributed by atoms with Crippen LogP contribution in [0.4, 0.5) is 10.2 Å². The van der Waals surface area contributed by atoms with Crippen LogP contribution in [0.5, 0.6) is 11.5 Å². The minimum absolute atomic E-state index is 0.0101. The number of fused-ring (bicyclic) bond motifs is 2. The van der Waals surface area contributed by atoms with Gasteiger partial charge in [0.1, 0.15) is 17.9 Å². The molecule has 1 aromatic carbocycles. The number of carbonyl (C=O) groups excluding carboxylic acids is 2. The van der Waals surface area contributed by atoms with Crippen molar-refractivity contribution in [3.8, 4) is 11.5 Å². The number of benzene rings is 1. The number of esters is 1. The first-order valence-corrected chi connectivity index (χ1v) is 16.9. The summed E-state index contributed by atoms with van der Waals surface area (Å²) in [5.74, 6) is 2.85. The van der Waals surface area contributed by atoms with Crippen LogP contribution in [-0.4, -0.2) is 83.6 Å². The zero-order chi connectivity index (χ0) is 31.3. The highest BCUT2D eigenvalue weighted by Crippen LogP contribution is 2.58. The SMILES string of the molecule is CCN(C(=O)c1cc(F)ccc1Oc1cncnc1N1CC2(CCN(C[C@H]3CC4CCC3CC43COC(=O)C3)CC2)C1)C(C)C. The van der Waals surface area contributed by atoms with E-state index in [2.05, 4.69) is 19.8 Å². The molecular weight excluding hydrogens is 573 g/mol. The maximum atomic E-state index is 14.3. The molecule has 3 saturated carbocycles. The lowest BCUT2D eigenvalue weighted by Crippen LogP contribution is -2.61. The maximum absolute atomic E-state index is 14.3. The van der Waals surface area contributed by atoms with Crippen molar-refractivity contribution >= 4 is 17.7 Å². The highest BCUT2D eigenvalue weighted by Gasteiger charge is 2.55. The van der Waals surface area contributed by atoms with Crippen LogP contribution < -0.4 is 9.64 Å². The summed E-state index contributed by atoms with van der Waals surface area (Å²) < 4.78 is 26.0. The number of rotatable bonds is 8. The van der Waals surface area contributed by atoms with Gasteiger partial charge >= 0.3 is 5.97 Å². The number of hydrogen-bond donors (Lipinski definition) is 0. The molecule has 4 atom stereocenters. The summed E-state index contributed by atoms with van der Waals surface area (Å²) in [6.45, 7) is 12.2. The minimum atomic E-state index is -0.481. The second kappa shape index (κ2) is 11.8. The average Bonchev–Trinajstić information content (AvgIpc) is 3.38. The topological polar surface area (TPSA) is 88.1 Å². The highest BCUT2D eigenvalue weighted by atomic mass is 19.1. The monoisotopic (exact) mass is 619 g/mol. The van der Waals surface area contributed by atoms with Crippen LogP contribution in [0.1, 0.15) is 76.1 Å². The summed E-state index contributed by atoms with van der Waals surface area (Å²) in [4.78, 5) is 40.7. The van der Waals surface area contributed by atoms with Crippen molar-refractivity contribution in [1.82, 2.24) is 19.8 Å². The summed E-state index contributed by atoms with van der Waals surface area (Å²) in [5, 5.41) is 0. The standard InChI is InChI=1S/C35H46FN5O4/c1-4-41(23(2)3)33(43)28-14-27(36)7-8-29(28)45-30-17-37-22-38-32(30)40-19-34(20-40)9-11-39(12-10-34)18-25-13-26-6-5-24(25)15-35(26)16-31(42)44-21-35/h7-8,14,17,22-26H,4-6,9-13,15-16,18-21H2,1-3H3/t24?,25-,26?,35?/m1/s1. The molecule has 6 aliphatic rings. The minimum Gasteiger partial charge on any atom is -0.465 e. The maximum Gasteiger partial charge on any atom is 0.306 e. The zero-order valence-corrected chi connectivity index (χ0v) is 26.8. The van der Waals surface area contributed by atoms with E-state index >= 15 is 0 Å². The highest BCUT2D eigenvalue weighted by molar-refractivity contribution is 5.97. The lowest BCUT2D eigenvalue weighted by molar-refractivity contribution is -0.137. The fourth-order valence-electron chi connectivity index (χ4n) is 9.24. The molecular formula is C35H46FN5O4. The number of amides is 1. The molecule has 45 heavy (non-hydrogen) atoms. The van der Waals surface area contributed by atoms with Gasteiger partial charge in [-0.05, 0) is 108 Å². The van der Waals surface area contributed by atoms with Crippen LogP contribution in [0.3, 0.4) is 0 Å². The predicted octanol–water partition coefficient (Wildman–Crippen LogP) is 5.55. The number of piperidine rings is 1. The van der Waals surface area contributed by atoms with Gasteiger partial charge in [0.2, 0.25) is 0 Å². The number of hydrogen-bond acceptors (Lipinski definition) is 8. The van der Waals surface area contributed by atoms with Crippen LogP contribution in [0.15, 0.2) is 30.7 Å². The number of aromatic nitrogens is 2. The summed E-state index contributed by atoms with van der Waals surface area (Å²) in [5.41, 5.74) is 0.601. The Hall–Kier alpha value is -3.27. The van der Waals surface area contributed by atoms with E-state index in [1.54, 1.807) is 11.1 Å². The number of nitrogens with zero attached hydrogens (tertiary/aromatic N) is 5. The van der Waals surface area contributed by atoms with Crippen molar-refractivity contribution < 1.29 is 23.5 Å². The molecule has 6 fully saturated rings. The molecule has 4 heterocycles. The molecule has 8 rings (SSSR count). The molecule has 3 aliphatic heterocycles. The normalized spacial score (nSPS) is 28.9.